The first-order valence-electron chi connectivity index (χ1n) is 5.50. The number of rotatable bonds is 5. The first-order valence-corrected chi connectivity index (χ1v) is 6.30. The number of nitrogens with one attached hydrogen (secondary N) is 1. The van der Waals surface area contributed by atoms with E-state index in [2.05, 4.69) is 47.0 Å². The molecule has 0 saturated heterocycles. The van der Waals surface area contributed by atoms with Gasteiger partial charge in [0.25, 0.3) is 0 Å². The molecule has 0 aliphatic rings. The van der Waals surface area contributed by atoms with Crippen molar-refractivity contribution in [2.45, 2.75) is 33.2 Å². The second kappa shape index (κ2) is 6.23. The maximum absolute atomic E-state index is 4.44. The molecular weight excluding hydrogens is 252 g/mol. The molecule has 0 fully saturated rings. The first-order chi connectivity index (χ1) is 7.16. The summed E-state index contributed by atoms with van der Waals surface area (Å²) in [4.78, 5) is 4.44. The second-order valence-electron chi connectivity index (χ2n) is 4.05. The van der Waals surface area contributed by atoms with Crippen LogP contribution < -0.4 is 5.32 Å². The molecule has 0 aliphatic heterocycles. The molecule has 0 saturated carbocycles. The molecule has 15 heavy (non-hydrogen) atoms. The summed E-state index contributed by atoms with van der Waals surface area (Å²) >= 11 is 3.55. The summed E-state index contributed by atoms with van der Waals surface area (Å²) in [7, 11) is 0. The maximum Gasteiger partial charge on any atom is 0.0717 e. The minimum atomic E-state index is 0.334. The third-order valence-corrected chi connectivity index (χ3v) is 3.03. The van der Waals surface area contributed by atoms with Gasteiger partial charge in [0.2, 0.25) is 0 Å². The zero-order valence-corrected chi connectivity index (χ0v) is 11.2. The van der Waals surface area contributed by atoms with Gasteiger partial charge in [-0.3, -0.25) is 4.98 Å². The van der Waals surface area contributed by atoms with E-state index in [1.54, 1.807) is 0 Å². The monoisotopic (exact) mass is 270 g/mol. The van der Waals surface area contributed by atoms with Crippen LogP contribution >= 0.6 is 15.9 Å². The molecule has 2 nitrogen and oxygen atoms in total. The Kier molecular flexibility index (Phi) is 5.26. The Morgan fingerprint density at radius 1 is 1.47 bits per heavy atom. The van der Waals surface area contributed by atoms with Crippen molar-refractivity contribution in [2.75, 3.05) is 6.54 Å². The lowest BCUT2D eigenvalue weighted by Gasteiger charge is -2.22. The van der Waals surface area contributed by atoms with Crippen LogP contribution in [0.3, 0.4) is 0 Å². The Bertz CT molecular complexity index is 299. The average Bonchev–Trinajstić information content (AvgIpc) is 2.20. The summed E-state index contributed by atoms with van der Waals surface area (Å²) in [6.07, 6.45) is 3.00. The molecule has 1 rings (SSSR count). The normalized spacial score (nSPS) is 13.1. The highest BCUT2D eigenvalue weighted by atomic mass is 79.9. The average molecular weight is 271 g/mol. The van der Waals surface area contributed by atoms with Gasteiger partial charge in [-0.05, 0) is 46.9 Å². The van der Waals surface area contributed by atoms with Crippen LogP contribution in [0.25, 0.3) is 0 Å². The molecule has 3 heteroatoms. The van der Waals surface area contributed by atoms with Gasteiger partial charge in [0.05, 0.1) is 11.7 Å². The largest absolute Gasteiger partial charge is 0.308 e. The predicted octanol–water partition coefficient (Wildman–Crippen LogP) is 3.54. The minimum absolute atomic E-state index is 0.334. The van der Waals surface area contributed by atoms with Gasteiger partial charge in [0, 0.05) is 10.7 Å². The predicted molar refractivity (Wildman–Crippen MR) is 67.8 cm³/mol. The van der Waals surface area contributed by atoms with Crippen LogP contribution in [0.15, 0.2) is 22.8 Å². The number of aromatic nitrogens is 1. The van der Waals surface area contributed by atoms with Gasteiger partial charge in [-0.1, -0.05) is 20.8 Å². The third-order valence-electron chi connectivity index (χ3n) is 2.36. The van der Waals surface area contributed by atoms with E-state index in [4.69, 9.17) is 0 Å². The molecule has 0 amide bonds. The van der Waals surface area contributed by atoms with E-state index >= 15 is 0 Å². The quantitative estimate of drug-likeness (QED) is 0.886. The Morgan fingerprint density at radius 2 is 2.20 bits per heavy atom. The number of pyridine rings is 1. The van der Waals surface area contributed by atoms with Crippen LogP contribution in [-0.4, -0.2) is 11.5 Å². The molecule has 0 radical (unpaired) electrons. The topological polar surface area (TPSA) is 24.9 Å². The van der Waals surface area contributed by atoms with Crippen LogP contribution in [0.2, 0.25) is 0 Å². The van der Waals surface area contributed by atoms with Gasteiger partial charge in [-0.2, -0.15) is 0 Å². The molecule has 1 atom stereocenters. The SMILES string of the molecule is CCCNC(c1ncccc1Br)C(C)C. The highest BCUT2D eigenvalue weighted by Gasteiger charge is 2.18. The lowest BCUT2D eigenvalue weighted by Crippen LogP contribution is -2.27. The molecule has 1 aromatic heterocycles. The van der Waals surface area contributed by atoms with E-state index in [0.29, 0.717) is 12.0 Å². The Hall–Kier alpha value is -0.410. The summed E-state index contributed by atoms with van der Waals surface area (Å²) in [5.74, 6) is 0.544. The fraction of sp³-hybridized carbons (Fsp3) is 0.583. The van der Waals surface area contributed by atoms with Gasteiger partial charge in [0.1, 0.15) is 0 Å². The molecule has 84 valence electrons. The molecule has 0 aromatic carbocycles. The summed E-state index contributed by atoms with van der Waals surface area (Å²) in [5.41, 5.74) is 1.11. The van der Waals surface area contributed by atoms with Crippen LogP contribution in [0.5, 0.6) is 0 Å². The van der Waals surface area contributed by atoms with E-state index in [0.717, 1.165) is 23.1 Å². The van der Waals surface area contributed by atoms with Gasteiger partial charge in [0.15, 0.2) is 0 Å². The number of hydrogen-bond acceptors (Lipinski definition) is 2. The Balaban J connectivity index is 2.84. The number of halogens is 1. The molecule has 0 aliphatic carbocycles. The standard InChI is InChI=1S/C12H19BrN2/c1-4-7-14-11(9(2)3)12-10(13)6-5-8-15-12/h5-6,8-9,11,14H,4,7H2,1-3H3. The van der Waals surface area contributed by atoms with Crippen LogP contribution in [0.4, 0.5) is 0 Å². The lowest BCUT2D eigenvalue weighted by molar-refractivity contribution is 0.403. The van der Waals surface area contributed by atoms with Gasteiger partial charge in [-0.15, -0.1) is 0 Å². The van der Waals surface area contributed by atoms with Crippen LogP contribution in [-0.2, 0) is 0 Å². The van der Waals surface area contributed by atoms with Gasteiger partial charge >= 0.3 is 0 Å². The zero-order valence-electron chi connectivity index (χ0n) is 9.63. The summed E-state index contributed by atoms with van der Waals surface area (Å²) in [6, 6.07) is 4.33. The van der Waals surface area contributed by atoms with E-state index in [9.17, 15) is 0 Å². The molecule has 1 heterocycles. The van der Waals surface area contributed by atoms with Crippen molar-refractivity contribution in [3.05, 3.63) is 28.5 Å². The van der Waals surface area contributed by atoms with E-state index in [-0.39, 0.29) is 0 Å². The first kappa shape index (κ1) is 12.7. The smallest absolute Gasteiger partial charge is 0.0717 e. The highest BCUT2D eigenvalue weighted by molar-refractivity contribution is 9.10. The van der Waals surface area contributed by atoms with E-state index < -0.39 is 0 Å². The fourth-order valence-corrected chi connectivity index (χ4v) is 2.08. The molecule has 1 unspecified atom stereocenters. The van der Waals surface area contributed by atoms with Crippen molar-refractivity contribution in [2.24, 2.45) is 5.92 Å². The van der Waals surface area contributed by atoms with Crippen molar-refractivity contribution >= 4 is 15.9 Å². The molecule has 1 aromatic rings. The van der Waals surface area contributed by atoms with Crippen molar-refractivity contribution in [3.63, 3.8) is 0 Å². The van der Waals surface area contributed by atoms with E-state index in [1.807, 2.05) is 18.3 Å². The Morgan fingerprint density at radius 3 is 2.73 bits per heavy atom. The summed E-state index contributed by atoms with van der Waals surface area (Å²) in [5, 5.41) is 3.53. The van der Waals surface area contributed by atoms with Crippen molar-refractivity contribution in [3.8, 4) is 0 Å². The van der Waals surface area contributed by atoms with Gasteiger partial charge < -0.3 is 5.32 Å². The van der Waals surface area contributed by atoms with Crippen molar-refractivity contribution in [1.82, 2.24) is 10.3 Å². The highest BCUT2D eigenvalue weighted by Crippen LogP contribution is 2.26. The number of hydrogen-bond donors (Lipinski definition) is 1. The van der Waals surface area contributed by atoms with Crippen molar-refractivity contribution in [1.29, 1.82) is 0 Å². The van der Waals surface area contributed by atoms with Crippen molar-refractivity contribution < 1.29 is 0 Å². The Labute approximate surface area is 101 Å². The van der Waals surface area contributed by atoms with Crippen LogP contribution in [0, 0.1) is 5.92 Å². The maximum atomic E-state index is 4.44. The third kappa shape index (κ3) is 3.58. The molecular formula is C12H19BrN2. The van der Waals surface area contributed by atoms with Gasteiger partial charge in [-0.25, -0.2) is 0 Å². The fourth-order valence-electron chi connectivity index (χ4n) is 1.57. The van der Waals surface area contributed by atoms with E-state index in [1.165, 1.54) is 0 Å². The summed E-state index contributed by atoms with van der Waals surface area (Å²) < 4.78 is 1.09. The summed E-state index contributed by atoms with van der Waals surface area (Å²) in [6.45, 7) is 7.65. The number of nitrogens with zero attached hydrogens (tertiary/aromatic N) is 1. The van der Waals surface area contributed by atoms with Crippen LogP contribution in [0.1, 0.15) is 38.9 Å². The zero-order chi connectivity index (χ0) is 11.3. The second-order valence-corrected chi connectivity index (χ2v) is 4.90. The minimum Gasteiger partial charge on any atom is -0.308 e. The lowest BCUT2D eigenvalue weighted by atomic mass is 10.0. The molecule has 0 spiro atoms. The molecule has 1 N–H and O–H groups in total. The molecule has 0 bridgehead atoms.